The fourth-order valence-electron chi connectivity index (χ4n) is 5.64. The van der Waals surface area contributed by atoms with Gasteiger partial charge in [0.2, 0.25) is 0 Å². The fourth-order valence-corrected chi connectivity index (χ4v) is 5.64. The van der Waals surface area contributed by atoms with E-state index >= 15 is 0 Å². The van der Waals surface area contributed by atoms with Crippen molar-refractivity contribution in [2.75, 3.05) is 7.11 Å². The van der Waals surface area contributed by atoms with Crippen LogP contribution in [0.2, 0.25) is 0 Å². The minimum absolute atomic E-state index is 0.127. The summed E-state index contributed by atoms with van der Waals surface area (Å²) < 4.78 is 7.07. The molecule has 0 radical (unpaired) electrons. The van der Waals surface area contributed by atoms with E-state index in [-0.39, 0.29) is 5.56 Å². The van der Waals surface area contributed by atoms with Crippen LogP contribution in [0.1, 0.15) is 16.8 Å². The maximum atomic E-state index is 14.2. The monoisotopic (exact) mass is 571 g/mol. The van der Waals surface area contributed by atoms with Gasteiger partial charge < -0.3 is 4.74 Å². The molecule has 2 aromatic heterocycles. The molecule has 44 heavy (non-hydrogen) atoms. The number of rotatable bonds is 6. The van der Waals surface area contributed by atoms with E-state index in [1.807, 2.05) is 116 Å². The van der Waals surface area contributed by atoms with Gasteiger partial charge in [0.25, 0.3) is 5.56 Å². The molecule has 2 heterocycles. The highest BCUT2D eigenvalue weighted by atomic mass is 16.5. The highest BCUT2D eigenvalue weighted by Crippen LogP contribution is 2.32. The van der Waals surface area contributed by atoms with Crippen LogP contribution in [0.4, 0.5) is 0 Å². The Bertz CT molecular complexity index is 2220. The lowest BCUT2D eigenvalue weighted by atomic mass is 9.99. The predicted octanol–water partition coefficient (Wildman–Crippen LogP) is 8.76. The maximum Gasteiger partial charge on any atom is 0.265 e. The number of methoxy groups -OCH3 is 1. The van der Waals surface area contributed by atoms with E-state index in [9.17, 15) is 4.79 Å². The molecule has 0 N–H and O–H groups in total. The Morgan fingerprint density at radius 2 is 1.39 bits per heavy atom. The lowest BCUT2D eigenvalue weighted by Crippen LogP contribution is -2.25. The van der Waals surface area contributed by atoms with Crippen molar-refractivity contribution in [2.24, 2.45) is 0 Å². The van der Waals surface area contributed by atoms with Gasteiger partial charge in [-0.2, -0.15) is 0 Å². The van der Waals surface area contributed by atoms with E-state index in [1.54, 1.807) is 11.7 Å². The van der Waals surface area contributed by atoms with Crippen LogP contribution in [0.15, 0.2) is 132 Å². The zero-order valence-electron chi connectivity index (χ0n) is 24.4. The molecule has 0 unspecified atom stereocenters. The number of aryl methyl sites for hydroxylation is 1. The molecule has 0 amide bonds. The topological polar surface area (TPSA) is 57.0 Å². The van der Waals surface area contributed by atoms with Gasteiger partial charge in [-0.05, 0) is 66.4 Å². The molecule has 0 aliphatic carbocycles. The Labute approximate surface area is 255 Å². The van der Waals surface area contributed by atoms with Crippen molar-refractivity contribution in [1.82, 2.24) is 14.5 Å². The molecule has 0 atom stereocenters. The Hall–Kier alpha value is -5.81. The van der Waals surface area contributed by atoms with E-state index in [2.05, 4.69) is 30.3 Å². The molecule has 0 fully saturated rings. The lowest BCUT2D eigenvalue weighted by Gasteiger charge is -2.15. The summed E-state index contributed by atoms with van der Waals surface area (Å²) in [7, 11) is 1.66. The third-order valence-electron chi connectivity index (χ3n) is 7.91. The normalized spacial score (nSPS) is 11.4. The first kappa shape index (κ1) is 27.0. The summed E-state index contributed by atoms with van der Waals surface area (Å²) in [4.78, 5) is 24.3. The predicted molar refractivity (Wildman–Crippen MR) is 180 cm³/mol. The fraction of sp³-hybridized carbons (Fsp3) is 0.0513. The summed E-state index contributed by atoms with van der Waals surface area (Å²) in [6, 6.07) is 42.0. The molecule has 0 bridgehead atoms. The smallest absolute Gasteiger partial charge is 0.265 e. The first-order valence-corrected chi connectivity index (χ1v) is 14.5. The number of hydrogen-bond donors (Lipinski definition) is 0. The lowest BCUT2D eigenvalue weighted by molar-refractivity contribution is 0.415. The summed E-state index contributed by atoms with van der Waals surface area (Å²) >= 11 is 0. The van der Waals surface area contributed by atoms with Crippen molar-refractivity contribution < 1.29 is 4.74 Å². The summed E-state index contributed by atoms with van der Waals surface area (Å²) in [6.45, 7) is 1.89. The number of para-hydroxylation sites is 1. The van der Waals surface area contributed by atoms with Crippen LogP contribution < -0.4 is 10.3 Å². The zero-order valence-corrected chi connectivity index (χ0v) is 24.4. The third kappa shape index (κ3) is 4.95. The van der Waals surface area contributed by atoms with Gasteiger partial charge in [0.15, 0.2) is 0 Å². The van der Waals surface area contributed by atoms with E-state index in [0.717, 1.165) is 55.5 Å². The second-order valence-corrected chi connectivity index (χ2v) is 10.6. The first-order valence-electron chi connectivity index (χ1n) is 14.5. The van der Waals surface area contributed by atoms with Crippen molar-refractivity contribution in [2.45, 2.75) is 6.92 Å². The van der Waals surface area contributed by atoms with Crippen LogP contribution >= 0.6 is 0 Å². The molecule has 0 aliphatic heterocycles. The Balaban J connectivity index is 1.43. The zero-order chi connectivity index (χ0) is 30.0. The molecule has 5 heteroatoms. The third-order valence-corrected chi connectivity index (χ3v) is 7.91. The van der Waals surface area contributed by atoms with Crippen molar-refractivity contribution in [3.05, 3.63) is 155 Å². The second-order valence-electron chi connectivity index (χ2n) is 10.6. The van der Waals surface area contributed by atoms with Crippen molar-refractivity contribution in [3.8, 4) is 34.1 Å². The molecule has 0 spiro atoms. The van der Waals surface area contributed by atoms with E-state index in [1.165, 1.54) is 0 Å². The number of fused-ring (bicyclic) bond motifs is 3. The first-order chi connectivity index (χ1) is 21.6. The number of benzene rings is 5. The SMILES string of the molecule is COc1ccc(-c2cc(/C=C/c3c(C)nc(-c4ccccc4)n(-c4ccccc4)c3=O)c3ccc4ccccc4c3n2)cc1. The highest BCUT2D eigenvalue weighted by molar-refractivity contribution is 6.08. The van der Waals surface area contributed by atoms with Crippen LogP contribution in [0.25, 0.3) is 62.2 Å². The largest absolute Gasteiger partial charge is 0.497 e. The van der Waals surface area contributed by atoms with Crippen LogP contribution in [-0.2, 0) is 0 Å². The standard InChI is InChI=1S/C39H29N3O2/c1-26-33(39(43)42(31-14-7-4-8-15-31)38(40-26)29-12-5-3-6-13-29)23-20-30-25-36(28-17-21-32(44-2)22-18-28)41-37-34-16-10-9-11-27(34)19-24-35(30)37/h3-25H,1-2H3/b23-20+. The second kappa shape index (κ2) is 11.5. The Kier molecular flexibility index (Phi) is 7.05. The van der Waals surface area contributed by atoms with Crippen molar-refractivity contribution >= 4 is 33.8 Å². The maximum absolute atomic E-state index is 14.2. The quantitative estimate of drug-likeness (QED) is 0.187. The van der Waals surface area contributed by atoms with Gasteiger partial charge in [0, 0.05) is 21.9 Å². The molecule has 0 saturated heterocycles. The van der Waals surface area contributed by atoms with Gasteiger partial charge in [0.05, 0.1) is 35.3 Å². The summed E-state index contributed by atoms with van der Waals surface area (Å²) in [5.74, 6) is 1.40. The van der Waals surface area contributed by atoms with E-state index in [0.29, 0.717) is 17.1 Å². The Morgan fingerprint density at radius 1 is 0.682 bits per heavy atom. The van der Waals surface area contributed by atoms with Gasteiger partial charge in [-0.25, -0.2) is 9.97 Å². The van der Waals surface area contributed by atoms with Gasteiger partial charge in [0.1, 0.15) is 11.6 Å². The number of nitrogens with zero attached hydrogens (tertiary/aromatic N) is 3. The van der Waals surface area contributed by atoms with Crippen LogP contribution in [-0.4, -0.2) is 21.6 Å². The van der Waals surface area contributed by atoms with Crippen LogP contribution in [0, 0.1) is 6.92 Å². The van der Waals surface area contributed by atoms with Gasteiger partial charge in [-0.1, -0.05) is 91.0 Å². The molecule has 0 saturated carbocycles. The number of ether oxygens (including phenoxy) is 1. The van der Waals surface area contributed by atoms with E-state index in [4.69, 9.17) is 14.7 Å². The molecule has 0 aliphatic rings. The van der Waals surface area contributed by atoms with Crippen LogP contribution in [0.5, 0.6) is 5.75 Å². The summed E-state index contributed by atoms with van der Waals surface area (Å²) in [5, 5.41) is 3.20. The highest BCUT2D eigenvalue weighted by Gasteiger charge is 2.16. The van der Waals surface area contributed by atoms with E-state index < -0.39 is 0 Å². The molecule has 5 aromatic carbocycles. The molecular formula is C39H29N3O2. The average molecular weight is 572 g/mol. The minimum Gasteiger partial charge on any atom is -0.497 e. The van der Waals surface area contributed by atoms with Gasteiger partial charge in [-0.15, -0.1) is 0 Å². The average Bonchev–Trinajstić information content (AvgIpc) is 3.08. The van der Waals surface area contributed by atoms with Crippen LogP contribution in [0.3, 0.4) is 0 Å². The van der Waals surface area contributed by atoms with Gasteiger partial charge in [-0.3, -0.25) is 9.36 Å². The molecular weight excluding hydrogens is 542 g/mol. The van der Waals surface area contributed by atoms with Crippen molar-refractivity contribution in [1.29, 1.82) is 0 Å². The number of aromatic nitrogens is 3. The molecule has 7 aromatic rings. The summed E-state index contributed by atoms with van der Waals surface area (Å²) in [5.41, 5.74) is 6.40. The Morgan fingerprint density at radius 3 is 2.14 bits per heavy atom. The van der Waals surface area contributed by atoms with Crippen molar-refractivity contribution in [3.63, 3.8) is 0 Å². The number of hydrogen-bond acceptors (Lipinski definition) is 4. The molecule has 5 nitrogen and oxygen atoms in total. The minimum atomic E-state index is -0.127. The summed E-state index contributed by atoms with van der Waals surface area (Å²) in [6.07, 6.45) is 3.90. The number of pyridine rings is 1. The molecule has 7 rings (SSSR count). The molecule has 212 valence electrons. The van der Waals surface area contributed by atoms with Gasteiger partial charge >= 0.3 is 0 Å².